The van der Waals surface area contributed by atoms with E-state index in [1.807, 2.05) is 0 Å². The van der Waals surface area contributed by atoms with Crippen LogP contribution in [0, 0.1) is 0 Å². The summed E-state index contributed by atoms with van der Waals surface area (Å²) in [5.74, 6) is -2.68. The first-order valence-corrected chi connectivity index (χ1v) is 9.36. The van der Waals surface area contributed by atoms with Crippen LogP contribution < -0.4 is 4.74 Å². The summed E-state index contributed by atoms with van der Waals surface area (Å²) in [4.78, 5) is 21.9. The van der Waals surface area contributed by atoms with Gasteiger partial charge >= 0.3 is 24.3 Å². The van der Waals surface area contributed by atoms with Crippen LogP contribution in [-0.2, 0) is 5.41 Å². The molecule has 0 saturated carbocycles. The summed E-state index contributed by atoms with van der Waals surface area (Å²) in [5, 5.41) is 17.8. The number of halogens is 6. The fraction of sp³-hybridized carbons (Fsp3) is 0.130. The van der Waals surface area contributed by atoms with E-state index in [-0.39, 0.29) is 17.1 Å². The lowest BCUT2D eigenvalue weighted by atomic mass is 9.72. The molecule has 178 valence electrons. The largest absolute Gasteiger partial charge is 0.478 e. The molecular formula is C23H14F6O5. The van der Waals surface area contributed by atoms with Crippen LogP contribution in [0.3, 0.4) is 0 Å². The molecule has 3 aromatic carbocycles. The molecule has 5 nitrogen and oxygen atoms in total. The Kier molecular flexibility index (Phi) is 6.32. The SMILES string of the molecule is O=C(O)c1ccc(Oc2ccc(C(c3ccc(C(=O)O)cc3)(C(F)(F)F)C(F)(F)F)cc2)cc1. The number of hydrogen-bond donors (Lipinski definition) is 2. The van der Waals surface area contributed by atoms with Crippen LogP contribution in [0.25, 0.3) is 0 Å². The van der Waals surface area contributed by atoms with Gasteiger partial charge in [-0.05, 0) is 59.7 Å². The third kappa shape index (κ3) is 4.41. The molecule has 0 atom stereocenters. The van der Waals surface area contributed by atoms with Gasteiger partial charge < -0.3 is 14.9 Å². The van der Waals surface area contributed by atoms with Crippen LogP contribution in [0.2, 0.25) is 0 Å². The van der Waals surface area contributed by atoms with Crippen molar-refractivity contribution in [2.24, 2.45) is 0 Å². The summed E-state index contributed by atoms with van der Waals surface area (Å²) >= 11 is 0. The van der Waals surface area contributed by atoms with E-state index in [0.29, 0.717) is 36.4 Å². The van der Waals surface area contributed by atoms with Crippen LogP contribution in [0.1, 0.15) is 31.8 Å². The van der Waals surface area contributed by atoms with Crippen molar-refractivity contribution >= 4 is 11.9 Å². The van der Waals surface area contributed by atoms with Gasteiger partial charge in [0.1, 0.15) is 11.5 Å². The average Bonchev–Trinajstić information content (AvgIpc) is 2.74. The molecule has 0 unspecified atom stereocenters. The van der Waals surface area contributed by atoms with E-state index in [0.717, 1.165) is 12.1 Å². The van der Waals surface area contributed by atoms with Crippen molar-refractivity contribution in [3.05, 3.63) is 95.1 Å². The molecule has 2 N–H and O–H groups in total. The van der Waals surface area contributed by atoms with Crippen molar-refractivity contribution in [2.45, 2.75) is 17.8 Å². The van der Waals surface area contributed by atoms with Crippen molar-refractivity contribution in [1.82, 2.24) is 0 Å². The van der Waals surface area contributed by atoms with Crippen LogP contribution in [0.15, 0.2) is 72.8 Å². The van der Waals surface area contributed by atoms with Crippen LogP contribution in [-0.4, -0.2) is 34.5 Å². The first-order valence-electron chi connectivity index (χ1n) is 9.36. The van der Waals surface area contributed by atoms with Crippen molar-refractivity contribution in [2.75, 3.05) is 0 Å². The zero-order valence-electron chi connectivity index (χ0n) is 16.8. The highest BCUT2D eigenvalue weighted by atomic mass is 19.4. The Morgan fingerprint density at radius 1 is 0.559 bits per heavy atom. The Morgan fingerprint density at radius 2 is 0.853 bits per heavy atom. The Balaban J connectivity index is 2.06. The van der Waals surface area contributed by atoms with E-state index in [4.69, 9.17) is 14.9 Å². The highest BCUT2D eigenvalue weighted by molar-refractivity contribution is 5.88. The predicted octanol–water partition coefficient (Wildman–Crippen LogP) is 6.29. The molecule has 0 aliphatic heterocycles. The standard InChI is InChI=1S/C23H14F6O5/c24-22(25,26)21(23(27,28)29,15-5-1-13(2-6-15)19(30)31)16-7-11-18(12-8-16)34-17-9-3-14(4-10-17)20(32)33/h1-12H,(H,30,31)(H,32,33). The minimum absolute atomic E-state index is 0.0447. The molecule has 0 aromatic heterocycles. The maximum atomic E-state index is 14.1. The van der Waals surface area contributed by atoms with Gasteiger partial charge in [0.15, 0.2) is 0 Å². The monoisotopic (exact) mass is 484 g/mol. The van der Waals surface area contributed by atoms with Gasteiger partial charge in [-0.3, -0.25) is 0 Å². The molecule has 34 heavy (non-hydrogen) atoms. The maximum absolute atomic E-state index is 14.1. The molecule has 3 rings (SSSR count). The third-order valence-electron chi connectivity index (χ3n) is 5.04. The number of alkyl halides is 6. The Hall–Kier alpha value is -4.02. The van der Waals surface area contributed by atoms with Gasteiger partial charge in [0.2, 0.25) is 5.41 Å². The second kappa shape index (κ2) is 8.73. The van der Waals surface area contributed by atoms with E-state index in [2.05, 4.69) is 0 Å². The van der Waals surface area contributed by atoms with Crippen LogP contribution >= 0.6 is 0 Å². The molecule has 0 saturated heterocycles. The number of hydrogen-bond acceptors (Lipinski definition) is 3. The highest BCUT2D eigenvalue weighted by Gasteiger charge is 2.72. The fourth-order valence-corrected chi connectivity index (χ4v) is 3.42. The summed E-state index contributed by atoms with van der Waals surface area (Å²) in [6.07, 6.45) is -11.7. The Morgan fingerprint density at radius 3 is 1.18 bits per heavy atom. The Labute approximate surface area is 187 Å². The number of rotatable bonds is 6. The summed E-state index contributed by atoms with van der Waals surface area (Å²) in [6.45, 7) is 0. The molecular weight excluding hydrogens is 470 g/mol. The van der Waals surface area contributed by atoms with Gasteiger partial charge in [-0.2, -0.15) is 26.3 Å². The van der Waals surface area contributed by atoms with E-state index < -0.39 is 46.4 Å². The summed E-state index contributed by atoms with van der Waals surface area (Å²) in [5.41, 5.74) is -7.30. The molecule has 0 amide bonds. The predicted molar refractivity (Wildman–Crippen MR) is 106 cm³/mol. The number of carbonyl (C=O) groups is 2. The first-order chi connectivity index (χ1) is 15.8. The minimum atomic E-state index is -5.83. The average molecular weight is 484 g/mol. The zero-order chi connectivity index (χ0) is 25.3. The number of benzene rings is 3. The molecule has 0 heterocycles. The van der Waals surface area contributed by atoms with Gasteiger partial charge in [0, 0.05) is 0 Å². The number of ether oxygens (including phenoxy) is 1. The van der Waals surface area contributed by atoms with E-state index in [9.17, 15) is 35.9 Å². The maximum Gasteiger partial charge on any atom is 0.411 e. The summed E-state index contributed by atoms with van der Waals surface area (Å²) < 4.78 is 90.2. The number of carboxylic acids is 2. The smallest absolute Gasteiger partial charge is 0.411 e. The van der Waals surface area contributed by atoms with E-state index in [1.54, 1.807) is 0 Å². The number of aromatic carboxylic acids is 2. The fourth-order valence-electron chi connectivity index (χ4n) is 3.42. The van der Waals surface area contributed by atoms with Gasteiger partial charge in [0.25, 0.3) is 0 Å². The lowest BCUT2D eigenvalue weighted by Crippen LogP contribution is -2.54. The highest BCUT2D eigenvalue weighted by Crippen LogP contribution is 2.56. The molecule has 0 radical (unpaired) electrons. The molecule has 0 bridgehead atoms. The van der Waals surface area contributed by atoms with Gasteiger partial charge in [-0.25, -0.2) is 9.59 Å². The van der Waals surface area contributed by atoms with E-state index in [1.165, 1.54) is 24.3 Å². The van der Waals surface area contributed by atoms with Gasteiger partial charge in [-0.15, -0.1) is 0 Å². The molecule has 0 spiro atoms. The van der Waals surface area contributed by atoms with Crippen LogP contribution in [0.5, 0.6) is 11.5 Å². The van der Waals surface area contributed by atoms with Crippen molar-refractivity contribution in [1.29, 1.82) is 0 Å². The second-order valence-electron chi connectivity index (χ2n) is 7.08. The third-order valence-corrected chi connectivity index (χ3v) is 5.04. The summed E-state index contributed by atoms with van der Waals surface area (Å²) in [6, 6.07) is 10.4. The van der Waals surface area contributed by atoms with Crippen LogP contribution in [0.4, 0.5) is 26.3 Å². The lowest BCUT2D eigenvalue weighted by Gasteiger charge is -2.38. The zero-order valence-corrected chi connectivity index (χ0v) is 16.8. The second-order valence-corrected chi connectivity index (χ2v) is 7.08. The van der Waals surface area contributed by atoms with Crippen molar-refractivity contribution < 1.29 is 50.9 Å². The molecule has 0 fully saturated rings. The van der Waals surface area contributed by atoms with Crippen molar-refractivity contribution in [3.8, 4) is 11.5 Å². The van der Waals surface area contributed by atoms with E-state index >= 15 is 0 Å². The quantitative estimate of drug-likeness (QED) is 0.402. The lowest BCUT2D eigenvalue weighted by molar-refractivity contribution is -0.288. The Bertz CT molecular complexity index is 1170. The van der Waals surface area contributed by atoms with Crippen molar-refractivity contribution in [3.63, 3.8) is 0 Å². The van der Waals surface area contributed by atoms with Gasteiger partial charge in [-0.1, -0.05) is 24.3 Å². The minimum Gasteiger partial charge on any atom is -0.478 e. The molecule has 0 aliphatic rings. The van der Waals surface area contributed by atoms with Gasteiger partial charge in [0.05, 0.1) is 11.1 Å². The molecule has 3 aromatic rings. The normalized spacial score (nSPS) is 12.3. The molecule has 0 aliphatic carbocycles. The summed E-state index contributed by atoms with van der Waals surface area (Å²) in [7, 11) is 0. The first kappa shape index (κ1) is 24.6. The molecule has 11 heteroatoms. The number of carboxylic acid groups (broad SMARTS) is 2. The topological polar surface area (TPSA) is 83.8 Å².